The Labute approximate surface area is 191 Å². The third kappa shape index (κ3) is 6.46. The van der Waals surface area contributed by atoms with Crippen LogP contribution in [0.2, 0.25) is 0 Å². The van der Waals surface area contributed by atoms with Gasteiger partial charge < -0.3 is 5.11 Å². The lowest BCUT2D eigenvalue weighted by Crippen LogP contribution is -2.42. The third-order valence-electron chi connectivity index (χ3n) is 5.45. The number of phenols is 1. The SMILES string of the molecule is Cc1ccc(/C=C/C(=O)NNC(=O)C(C)c2cc(C(C)(C)C)c(O)c(C(C)(C)C)c2)cc1. The van der Waals surface area contributed by atoms with Gasteiger partial charge in [0, 0.05) is 6.08 Å². The summed E-state index contributed by atoms with van der Waals surface area (Å²) in [5, 5.41) is 10.9. The smallest absolute Gasteiger partial charge is 0.262 e. The van der Waals surface area contributed by atoms with E-state index in [0.717, 1.165) is 27.8 Å². The lowest BCUT2D eigenvalue weighted by Gasteiger charge is -2.29. The molecule has 5 heteroatoms. The van der Waals surface area contributed by atoms with E-state index >= 15 is 0 Å². The van der Waals surface area contributed by atoms with Gasteiger partial charge in [0.25, 0.3) is 5.91 Å². The minimum Gasteiger partial charge on any atom is -0.507 e. The van der Waals surface area contributed by atoms with Crippen LogP contribution >= 0.6 is 0 Å². The van der Waals surface area contributed by atoms with Crippen molar-refractivity contribution in [3.05, 3.63) is 70.3 Å². The van der Waals surface area contributed by atoms with Gasteiger partial charge in [0.15, 0.2) is 0 Å². The van der Waals surface area contributed by atoms with Crippen LogP contribution in [0.25, 0.3) is 6.08 Å². The molecule has 0 saturated carbocycles. The van der Waals surface area contributed by atoms with Crippen LogP contribution in [0, 0.1) is 6.92 Å². The molecule has 0 aliphatic rings. The maximum Gasteiger partial charge on any atom is 0.262 e. The van der Waals surface area contributed by atoms with Crippen LogP contribution in [-0.2, 0) is 20.4 Å². The standard InChI is InChI=1S/C27H36N2O3/c1-17-9-11-19(12-10-17)13-14-23(30)28-29-25(32)18(2)20-15-21(26(3,4)5)24(31)22(16-20)27(6,7)8/h9-16,18,31H,1-8H3,(H,28,30)(H,29,32)/b14-13+. The van der Waals surface area contributed by atoms with E-state index in [1.54, 1.807) is 13.0 Å². The zero-order chi connectivity index (χ0) is 24.3. The third-order valence-corrected chi connectivity index (χ3v) is 5.45. The van der Waals surface area contributed by atoms with Gasteiger partial charge in [0.2, 0.25) is 5.91 Å². The number of amides is 2. The van der Waals surface area contributed by atoms with Gasteiger partial charge in [0.1, 0.15) is 5.75 Å². The Morgan fingerprint density at radius 3 is 1.88 bits per heavy atom. The summed E-state index contributed by atoms with van der Waals surface area (Å²) in [5.74, 6) is -0.981. The van der Waals surface area contributed by atoms with Crippen LogP contribution in [0.3, 0.4) is 0 Å². The number of nitrogens with one attached hydrogen (secondary N) is 2. The molecule has 3 N–H and O–H groups in total. The molecule has 2 rings (SSSR count). The van der Waals surface area contributed by atoms with Crippen LogP contribution in [0.1, 0.15) is 82.2 Å². The predicted molar refractivity (Wildman–Crippen MR) is 130 cm³/mol. The molecule has 0 aromatic heterocycles. The van der Waals surface area contributed by atoms with Crippen LogP contribution in [-0.4, -0.2) is 16.9 Å². The highest BCUT2D eigenvalue weighted by Gasteiger charge is 2.28. The number of aromatic hydroxyl groups is 1. The summed E-state index contributed by atoms with van der Waals surface area (Å²) in [7, 11) is 0. The zero-order valence-corrected chi connectivity index (χ0v) is 20.5. The van der Waals surface area contributed by atoms with Crippen molar-refractivity contribution >= 4 is 17.9 Å². The molecular weight excluding hydrogens is 400 g/mol. The number of hydrazine groups is 1. The summed E-state index contributed by atoms with van der Waals surface area (Å²) in [6.45, 7) is 16.0. The second-order valence-corrected chi connectivity index (χ2v) is 10.4. The number of aryl methyl sites for hydroxylation is 1. The predicted octanol–water partition coefficient (Wildman–Crippen LogP) is 5.26. The molecule has 2 amide bonds. The summed E-state index contributed by atoms with van der Waals surface area (Å²) in [6, 6.07) is 11.5. The quantitative estimate of drug-likeness (QED) is 0.452. The normalized spacial score (nSPS) is 13.1. The Hall–Kier alpha value is -3.08. The second-order valence-electron chi connectivity index (χ2n) is 10.4. The van der Waals surface area contributed by atoms with Crippen molar-refractivity contribution in [3.8, 4) is 5.75 Å². The largest absolute Gasteiger partial charge is 0.507 e. The van der Waals surface area contributed by atoms with Gasteiger partial charge in [-0.2, -0.15) is 0 Å². The van der Waals surface area contributed by atoms with Gasteiger partial charge in [-0.1, -0.05) is 83.5 Å². The first kappa shape index (κ1) is 25.2. The first-order valence-electron chi connectivity index (χ1n) is 10.9. The monoisotopic (exact) mass is 436 g/mol. The van der Waals surface area contributed by atoms with Crippen molar-refractivity contribution in [2.45, 2.75) is 72.1 Å². The van der Waals surface area contributed by atoms with E-state index in [1.165, 1.54) is 6.08 Å². The lowest BCUT2D eigenvalue weighted by atomic mass is 9.77. The van der Waals surface area contributed by atoms with Gasteiger partial charge in [-0.3, -0.25) is 20.4 Å². The molecule has 0 saturated heterocycles. The first-order valence-corrected chi connectivity index (χ1v) is 10.9. The summed E-state index contributed by atoms with van der Waals surface area (Å²) >= 11 is 0. The van der Waals surface area contributed by atoms with Crippen molar-refractivity contribution in [1.29, 1.82) is 0 Å². The molecule has 172 valence electrons. The Morgan fingerprint density at radius 1 is 0.906 bits per heavy atom. The highest BCUT2D eigenvalue weighted by molar-refractivity contribution is 5.94. The zero-order valence-electron chi connectivity index (χ0n) is 20.5. The molecule has 0 spiro atoms. The summed E-state index contributed by atoms with van der Waals surface area (Å²) in [4.78, 5) is 24.9. The minimum absolute atomic E-state index is 0.274. The fraction of sp³-hybridized carbons (Fsp3) is 0.407. The van der Waals surface area contributed by atoms with E-state index in [1.807, 2.05) is 84.9 Å². The number of rotatable bonds is 4. The van der Waals surface area contributed by atoms with E-state index in [9.17, 15) is 14.7 Å². The molecule has 2 aromatic rings. The molecule has 1 atom stereocenters. The number of benzene rings is 2. The van der Waals surface area contributed by atoms with Crippen LogP contribution in [0.4, 0.5) is 0 Å². The number of hydrogen-bond acceptors (Lipinski definition) is 3. The van der Waals surface area contributed by atoms with Gasteiger partial charge in [0.05, 0.1) is 5.92 Å². The molecule has 2 aromatic carbocycles. The van der Waals surface area contributed by atoms with Crippen molar-refractivity contribution in [2.24, 2.45) is 0 Å². The number of carbonyl (C=O) groups is 2. The lowest BCUT2D eigenvalue weighted by molar-refractivity contribution is -0.127. The molecule has 0 radical (unpaired) electrons. The molecule has 0 aliphatic carbocycles. The number of carbonyl (C=O) groups excluding carboxylic acids is 2. The maximum atomic E-state index is 12.8. The van der Waals surface area contributed by atoms with E-state index in [2.05, 4.69) is 10.9 Å². The van der Waals surface area contributed by atoms with Crippen molar-refractivity contribution < 1.29 is 14.7 Å². The van der Waals surface area contributed by atoms with E-state index in [0.29, 0.717) is 0 Å². The second kappa shape index (κ2) is 9.60. The van der Waals surface area contributed by atoms with Gasteiger partial charge in [-0.05, 0) is 53.0 Å². The number of phenolic OH excluding ortho intramolecular Hbond substituents is 1. The van der Waals surface area contributed by atoms with Crippen molar-refractivity contribution in [2.75, 3.05) is 0 Å². The van der Waals surface area contributed by atoms with E-state index in [-0.39, 0.29) is 22.5 Å². The molecule has 1 unspecified atom stereocenters. The molecule has 0 fully saturated rings. The average molecular weight is 437 g/mol. The molecule has 0 aliphatic heterocycles. The van der Waals surface area contributed by atoms with Crippen molar-refractivity contribution in [3.63, 3.8) is 0 Å². The highest BCUT2D eigenvalue weighted by atomic mass is 16.3. The fourth-order valence-corrected chi connectivity index (χ4v) is 3.32. The molecule has 0 bridgehead atoms. The Balaban J connectivity index is 2.16. The summed E-state index contributed by atoms with van der Waals surface area (Å²) in [5.41, 5.74) is 8.80. The van der Waals surface area contributed by atoms with E-state index in [4.69, 9.17) is 0 Å². The Morgan fingerprint density at radius 2 is 1.41 bits per heavy atom. The van der Waals surface area contributed by atoms with Crippen LogP contribution in [0.5, 0.6) is 5.75 Å². The molecular formula is C27H36N2O3. The highest BCUT2D eigenvalue weighted by Crippen LogP contribution is 2.41. The van der Waals surface area contributed by atoms with Gasteiger partial charge >= 0.3 is 0 Å². The van der Waals surface area contributed by atoms with Crippen LogP contribution in [0.15, 0.2) is 42.5 Å². The summed E-state index contributed by atoms with van der Waals surface area (Å²) < 4.78 is 0. The topological polar surface area (TPSA) is 78.4 Å². The molecule has 32 heavy (non-hydrogen) atoms. The average Bonchev–Trinajstić information content (AvgIpc) is 2.69. The van der Waals surface area contributed by atoms with Gasteiger partial charge in [-0.15, -0.1) is 0 Å². The minimum atomic E-state index is -0.515. The first-order chi connectivity index (χ1) is 14.7. The number of hydrogen-bond donors (Lipinski definition) is 3. The Kier molecular flexibility index (Phi) is 7.55. The summed E-state index contributed by atoms with van der Waals surface area (Å²) in [6.07, 6.45) is 3.07. The van der Waals surface area contributed by atoms with E-state index < -0.39 is 11.8 Å². The fourth-order valence-electron chi connectivity index (χ4n) is 3.32. The molecule has 5 nitrogen and oxygen atoms in total. The van der Waals surface area contributed by atoms with Gasteiger partial charge in [-0.25, -0.2) is 0 Å². The maximum absolute atomic E-state index is 12.8. The molecule has 0 heterocycles. The van der Waals surface area contributed by atoms with Crippen LogP contribution < -0.4 is 10.9 Å². The van der Waals surface area contributed by atoms with Crippen molar-refractivity contribution in [1.82, 2.24) is 10.9 Å². The Bertz CT molecular complexity index is 972.